The van der Waals surface area contributed by atoms with Gasteiger partial charge in [-0.3, -0.25) is 14.4 Å². The van der Waals surface area contributed by atoms with Crippen molar-refractivity contribution < 1.29 is 37.7 Å². The zero-order valence-electron chi connectivity index (χ0n) is 10.8. The van der Waals surface area contributed by atoms with E-state index in [1.54, 1.807) is 0 Å². The molecule has 0 aliphatic carbocycles. The molecule has 0 radical (unpaired) electrons. The molecule has 4 atom stereocenters. The maximum atomic E-state index is 13.9. The van der Waals surface area contributed by atoms with Crippen molar-refractivity contribution in [2.75, 3.05) is 6.61 Å². The lowest BCUT2D eigenvalue weighted by Crippen LogP contribution is -2.37. The zero-order chi connectivity index (χ0) is 14.6. The van der Waals surface area contributed by atoms with Gasteiger partial charge in [0.25, 0.3) is 0 Å². The maximum Gasteiger partial charge on any atom is 0.305 e. The Morgan fingerprint density at radius 2 is 1.63 bits per heavy atom. The molecule has 0 aromatic heterocycles. The van der Waals surface area contributed by atoms with Gasteiger partial charge in [-0.2, -0.15) is 0 Å². The first-order valence-electron chi connectivity index (χ1n) is 5.58. The fraction of sp³-hybridized carbons (Fsp3) is 0.727. The molecule has 1 saturated heterocycles. The van der Waals surface area contributed by atoms with Gasteiger partial charge in [0.1, 0.15) is 12.7 Å². The van der Waals surface area contributed by atoms with E-state index < -0.39 is 42.6 Å². The molecule has 1 rings (SSSR count). The van der Waals surface area contributed by atoms with Gasteiger partial charge in [-0.25, -0.2) is 4.39 Å². The quantitative estimate of drug-likeness (QED) is 0.532. The highest BCUT2D eigenvalue weighted by atomic mass is 19.1. The summed E-state index contributed by atoms with van der Waals surface area (Å²) in [6.07, 6.45) is -5.64. The van der Waals surface area contributed by atoms with Crippen LogP contribution in [0.25, 0.3) is 0 Å². The minimum absolute atomic E-state index is 0.300. The first-order chi connectivity index (χ1) is 8.81. The Morgan fingerprint density at radius 3 is 2.11 bits per heavy atom. The third-order valence-corrected chi connectivity index (χ3v) is 2.28. The predicted octanol–water partition coefficient (Wildman–Crippen LogP) is 0.107. The van der Waals surface area contributed by atoms with Gasteiger partial charge < -0.3 is 18.9 Å². The van der Waals surface area contributed by atoms with E-state index in [9.17, 15) is 18.8 Å². The first kappa shape index (κ1) is 15.4. The van der Waals surface area contributed by atoms with Gasteiger partial charge in [0.2, 0.25) is 12.5 Å². The van der Waals surface area contributed by atoms with Gasteiger partial charge in [0, 0.05) is 20.8 Å². The van der Waals surface area contributed by atoms with Crippen molar-refractivity contribution in [1.82, 2.24) is 0 Å². The molecule has 0 aromatic carbocycles. The lowest BCUT2D eigenvalue weighted by atomic mass is 10.1. The van der Waals surface area contributed by atoms with E-state index in [0.717, 1.165) is 13.8 Å². The summed E-state index contributed by atoms with van der Waals surface area (Å²) in [5.41, 5.74) is 0. The molecule has 7 nitrogen and oxygen atoms in total. The van der Waals surface area contributed by atoms with Crippen LogP contribution < -0.4 is 0 Å². The van der Waals surface area contributed by atoms with Crippen LogP contribution in [0.1, 0.15) is 20.8 Å². The minimum Gasteiger partial charge on any atom is -0.463 e. The SMILES string of the molecule is CC(=O)OC[C@H]1OC(OC(C)=O)C(F)[C@H]1OC(C)=O. The Balaban J connectivity index is 2.71. The number of alkyl halides is 1. The van der Waals surface area contributed by atoms with E-state index in [0.29, 0.717) is 0 Å². The number of halogens is 1. The second-order valence-corrected chi connectivity index (χ2v) is 3.97. The Morgan fingerprint density at radius 1 is 1.05 bits per heavy atom. The Bertz CT molecular complexity index is 370. The Labute approximate surface area is 108 Å². The van der Waals surface area contributed by atoms with E-state index >= 15 is 0 Å². The summed E-state index contributed by atoms with van der Waals surface area (Å²) in [6, 6.07) is 0. The van der Waals surface area contributed by atoms with E-state index in [4.69, 9.17) is 9.47 Å². The lowest BCUT2D eigenvalue weighted by Gasteiger charge is -2.17. The normalized spacial score (nSPS) is 29.7. The maximum absolute atomic E-state index is 13.9. The van der Waals surface area contributed by atoms with E-state index in [-0.39, 0.29) is 6.61 Å². The molecule has 0 amide bonds. The summed E-state index contributed by atoms with van der Waals surface area (Å²) in [5.74, 6) is -2.04. The summed E-state index contributed by atoms with van der Waals surface area (Å²) in [6.45, 7) is 3.07. The molecule has 8 heteroatoms. The van der Waals surface area contributed by atoms with Crippen LogP contribution in [0, 0.1) is 0 Å². The van der Waals surface area contributed by atoms with Crippen LogP contribution in [-0.4, -0.2) is 49.2 Å². The average Bonchev–Trinajstić information content (AvgIpc) is 2.53. The van der Waals surface area contributed by atoms with Gasteiger partial charge in [0.05, 0.1) is 0 Å². The van der Waals surface area contributed by atoms with E-state index in [1.165, 1.54) is 6.92 Å². The van der Waals surface area contributed by atoms with Gasteiger partial charge >= 0.3 is 17.9 Å². The number of carbonyl (C=O) groups excluding carboxylic acids is 3. The van der Waals surface area contributed by atoms with Gasteiger partial charge in [-0.1, -0.05) is 0 Å². The number of hydrogen-bond acceptors (Lipinski definition) is 7. The Kier molecular flexibility index (Phi) is 5.22. The van der Waals surface area contributed by atoms with Crippen LogP contribution in [0.2, 0.25) is 0 Å². The lowest BCUT2D eigenvalue weighted by molar-refractivity contribution is -0.184. The van der Waals surface area contributed by atoms with Crippen molar-refractivity contribution in [3.05, 3.63) is 0 Å². The molecule has 0 aromatic rings. The highest BCUT2D eigenvalue weighted by Gasteiger charge is 2.49. The standard InChI is InChI=1S/C11H15FO7/c1-5(13)16-4-8-10(17-6(2)14)9(12)11(19-8)18-7(3)15/h8-11H,4H2,1-3H3/t8-,9?,10+,11?/m1/s1. The van der Waals surface area contributed by atoms with Crippen molar-refractivity contribution >= 4 is 17.9 Å². The van der Waals surface area contributed by atoms with Crippen LogP contribution in [0.3, 0.4) is 0 Å². The van der Waals surface area contributed by atoms with Gasteiger partial charge in [-0.15, -0.1) is 0 Å². The molecule has 108 valence electrons. The predicted molar refractivity (Wildman–Crippen MR) is 57.5 cm³/mol. The van der Waals surface area contributed by atoms with Crippen LogP contribution >= 0.6 is 0 Å². The molecule has 0 bridgehead atoms. The molecule has 1 aliphatic rings. The first-order valence-corrected chi connectivity index (χ1v) is 5.58. The summed E-state index contributed by atoms with van der Waals surface area (Å²) in [4.78, 5) is 32.4. The second kappa shape index (κ2) is 6.46. The smallest absolute Gasteiger partial charge is 0.305 e. The summed E-state index contributed by atoms with van der Waals surface area (Å²) >= 11 is 0. The highest BCUT2D eigenvalue weighted by Crippen LogP contribution is 2.28. The number of ether oxygens (including phenoxy) is 4. The van der Waals surface area contributed by atoms with E-state index in [1.807, 2.05) is 0 Å². The largest absolute Gasteiger partial charge is 0.463 e. The summed E-state index contributed by atoms with van der Waals surface area (Å²) < 4.78 is 33.0. The van der Waals surface area contributed by atoms with Crippen LogP contribution in [0.4, 0.5) is 4.39 Å². The molecular weight excluding hydrogens is 263 g/mol. The monoisotopic (exact) mass is 278 g/mol. The number of carbonyl (C=O) groups is 3. The van der Waals surface area contributed by atoms with Crippen molar-refractivity contribution in [1.29, 1.82) is 0 Å². The number of esters is 3. The summed E-state index contributed by atoms with van der Waals surface area (Å²) in [7, 11) is 0. The molecule has 2 unspecified atom stereocenters. The topological polar surface area (TPSA) is 88.1 Å². The molecule has 0 N–H and O–H groups in total. The van der Waals surface area contributed by atoms with Crippen molar-refractivity contribution in [2.24, 2.45) is 0 Å². The summed E-state index contributed by atoms with van der Waals surface area (Å²) in [5, 5.41) is 0. The number of hydrogen-bond donors (Lipinski definition) is 0. The second-order valence-electron chi connectivity index (χ2n) is 3.97. The molecule has 0 spiro atoms. The fourth-order valence-electron chi connectivity index (χ4n) is 1.61. The van der Waals surface area contributed by atoms with Crippen molar-refractivity contribution in [3.8, 4) is 0 Å². The molecule has 0 saturated carbocycles. The fourth-order valence-corrected chi connectivity index (χ4v) is 1.61. The molecule has 1 heterocycles. The van der Waals surface area contributed by atoms with Crippen molar-refractivity contribution in [3.63, 3.8) is 0 Å². The van der Waals surface area contributed by atoms with Crippen LogP contribution in [0.15, 0.2) is 0 Å². The van der Waals surface area contributed by atoms with Gasteiger partial charge in [-0.05, 0) is 0 Å². The molecular formula is C11H15FO7. The highest BCUT2D eigenvalue weighted by molar-refractivity contribution is 5.67. The van der Waals surface area contributed by atoms with Gasteiger partial charge in [0.15, 0.2) is 6.10 Å². The third kappa shape index (κ3) is 4.47. The third-order valence-electron chi connectivity index (χ3n) is 2.28. The molecule has 19 heavy (non-hydrogen) atoms. The minimum atomic E-state index is -1.84. The van der Waals surface area contributed by atoms with Crippen LogP contribution in [0.5, 0.6) is 0 Å². The average molecular weight is 278 g/mol. The number of rotatable bonds is 4. The molecule has 1 aliphatic heterocycles. The van der Waals surface area contributed by atoms with Crippen LogP contribution in [-0.2, 0) is 33.3 Å². The Hall–Kier alpha value is -1.70. The van der Waals surface area contributed by atoms with E-state index in [2.05, 4.69) is 9.47 Å². The zero-order valence-corrected chi connectivity index (χ0v) is 10.8. The van der Waals surface area contributed by atoms with Crippen molar-refractivity contribution in [2.45, 2.75) is 45.4 Å². The molecule has 1 fully saturated rings.